The summed E-state index contributed by atoms with van der Waals surface area (Å²) in [6.45, 7) is 6.08. The fourth-order valence-electron chi connectivity index (χ4n) is 9.71. The molecule has 16 heteroatoms. The first kappa shape index (κ1) is 40.0. The van der Waals surface area contributed by atoms with Crippen molar-refractivity contribution in [1.82, 2.24) is 29.7 Å². The van der Waals surface area contributed by atoms with E-state index in [-0.39, 0.29) is 36.5 Å². The third kappa shape index (κ3) is 7.85. The zero-order chi connectivity index (χ0) is 42.2. The lowest BCUT2D eigenvalue weighted by atomic mass is 9.89. The molecule has 1 atom stereocenters. The van der Waals surface area contributed by atoms with Gasteiger partial charge in [0.1, 0.15) is 17.9 Å². The Labute approximate surface area is 353 Å². The third-order valence-corrected chi connectivity index (χ3v) is 13.2. The van der Waals surface area contributed by atoms with Crippen molar-refractivity contribution in [2.45, 2.75) is 76.0 Å². The van der Waals surface area contributed by atoms with Gasteiger partial charge in [0.05, 0.1) is 33.9 Å². The smallest absolute Gasteiger partial charge is 0.262 e. The molecule has 5 amide bonds. The average molecular weight is 825 g/mol. The molecule has 3 saturated heterocycles. The number of hydrogen-bond donors (Lipinski definition) is 1. The zero-order valence-electron chi connectivity index (χ0n) is 33.9. The Kier molecular flexibility index (Phi) is 11.1. The maximum atomic E-state index is 14.1. The Hall–Kier alpha value is -6.47. The fourth-order valence-corrected chi connectivity index (χ4v) is 9.71. The van der Waals surface area contributed by atoms with Crippen LogP contribution in [-0.4, -0.2) is 123 Å². The lowest BCUT2D eigenvalue weighted by Crippen LogP contribution is -2.59. The van der Waals surface area contributed by atoms with Crippen molar-refractivity contribution < 1.29 is 28.7 Å². The number of pyridine rings is 1. The number of piperazine rings is 1. The van der Waals surface area contributed by atoms with Crippen LogP contribution in [0, 0.1) is 17.2 Å². The summed E-state index contributed by atoms with van der Waals surface area (Å²) >= 11 is 0. The Morgan fingerprint density at radius 1 is 0.803 bits per heavy atom. The van der Waals surface area contributed by atoms with Gasteiger partial charge in [0, 0.05) is 81.4 Å². The number of ether oxygens (including phenoxy) is 1. The maximum absolute atomic E-state index is 14.1. The number of imide groups is 2. The molecule has 1 aliphatic carbocycles. The second-order valence-electron chi connectivity index (χ2n) is 16.7. The zero-order valence-corrected chi connectivity index (χ0v) is 33.9. The molecule has 16 nitrogen and oxygen atoms in total. The van der Waals surface area contributed by atoms with Gasteiger partial charge in [-0.3, -0.25) is 43.7 Å². The Morgan fingerprint density at radius 3 is 2.26 bits per heavy atom. The van der Waals surface area contributed by atoms with Crippen molar-refractivity contribution >= 4 is 52.1 Å². The molecule has 1 unspecified atom stereocenters. The van der Waals surface area contributed by atoms with Gasteiger partial charge in [-0.2, -0.15) is 5.26 Å². The molecule has 4 aliphatic heterocycles. The van der Waals surface area contributed by atoms with E-state index in [1.54, 1.807) is 36.5 Å². The Balaban J connectivity index is 0.766. The number of amides is 5. The largest absolute Gasteiger partial charge is 0.490 e. The van der Waals surface area contributed by atoms with Crippen LogP contribution in [0.5, 0.6) is 5.75 Å². The number of anilines is 2. The predicted octanol–water partition coefficient (Wildman–Crippen LogP) is 3.93. The van der Waals surface area contributed by atoms with Crippen LogP contribution in [0.3, 0.4) is 0 Å². The Morgan fingerprint density at radius 2 is 1.54 bits per heavy atom. The highest BCUT2D eigenvalue weighted by molar-refractivity contribution is 6.23. The summed E-state index contributed by atoms with van der Waals surface area (Å²) in [5, 5.41) is 10.3. The number of likely N-dealkylation sites (tertiary alicyclic amines) is 1. The quantitative estimate of drug-likeness (QED) is 0.226. The first-order valence-corrected chi connectivity index (χ1v) is 21.3. The van der Waals surface area contributed by atoms with Crippen LogP contribution >= 0.6 is 0 Å². The molecule has 4 aromatic rings. The molecule has 5 aliphatic rings. The lowest BCUT2D eigenvalue weighted by Gasteiger charge is -2.41. The van der Waals surface area contributed by atoms with E-state index in [1.165, 1.54) is 17.3 Å². The third-order valence-electron chi connectivity index (χ3n) is 13.2. The molecule has 6 heterocycles. The molecule has 9 rings (SSSR count). The number of primary amides is 1. The van der Waals surface area contributed by atoms with Crippen molar-refractivity contribution in [3.05, 3.63) is 83.3 Å². The molecule has 314 valence electrons. The number of rotatable bonds is 10. The monoisotopic (exact) mass is 824 g/mol. The number of nitriles is 1. The van der Waals surface area contributed by atoms with E-state index >= 15 is 0 Å². The number of carbonyl (C=O) groups excluding carboxylic acids is 5. The van der Waals surface area contributed by atoms with Crippen LogP contribution in [0.1, 0.15) is 94.4 Å². The van der Waals surface area contributed by atoms with E-state index in [9.17, 15) is 29.2 Å². The van der Waals surface area contributed by atoms with Gasteiger partial charge in [0.25, 0.3) is 23.6 Å². The number of carbonyl (C=O) groups is 5. The number of aromatic nitrogens is 3. The highest BCUT2D eigenvalue weighted by atomic mass is 16.5. The fraction of sp³-hybridized carbons (Fsp3) is 0.444. The number of benzene rings is 2. The van der Waals surface area contributed by atoms with E-state index in [4.69, 9.17) is 10.5 Å². The highest BCUT2D eigenvalue weighted by Gasteiger charge is 2.49. The second kappa shape index (κ2) is 16.9. The average Bonchev–Trinajstić information content (AvgIpc) is 3.54. The molecule has 2 aromatic heterocycles. The van der Waals surface area contributed by atoms with E-state index in [1.807, 2.05) is 12.1 Å². The number of hydrogen-bond acceptors (Lipinski definition) is 13. The molecule has 2 aromatic carbocycles. The van der Waals surface area contributed by atoms with Gasteiger partial charge in [0.15, 0.2) is 0 Å². The first-order chi connectivity index (χ1) is 29.7. The number of nitrogens with two attached hydrogens (primary N) is 1. The van der Waals surface area contributed by atoms with Crippen LogP contribution < -0.4 is 20.3 Å². The summed E-state index contributed by atoms with van der Waals surface area (Å²) in [5.41, 5.74) is 8.12. The van der Waals surface area contributed by atoms with Gasteiger partial charge in [-0.05, 0) is 106 Å². The van der Waals surface area contributed by atoms with Crippen molar-refractivity contribution in [3.8, 4) is 11.8 Å². The summed E-state index contributed by atoms with van der Waals surface area (Å²) < 4.78 is 6.38. The minimum atomic E-state index is -1.04. The van der Waals surface area contributed by atoms with Crippen LogP contribution in [-0.2, 0) is 9.59 Å². The molecule has 61 heavy (non-hydrogen) atoms. The summed E-state index contributed by atoms with van der Waals surface area (Å²) in [4.78, 5) is 88.8. The Bertz CT molecular complexity index is 2410. The van der Waals surface area contributed by atoms with E-state index in [2.05, 4.69) is 35.7 Å². The van der Waals surface area contributed by atoms with Crippen LogP contribution in [0.4, 0.5) is 11.6 Å². The van der Waals surface area contributed by atoms with Crippen LogP contribution in [0.15, 0.2) is 61.1 Å². The van der Waals surface area contributed by atoms with Gasteiger partial charge in [-0.15, -0.1) is 0 Å². The molecular weight excluding hydrogens is 777 g/mol. The summed E-state index contributed by atoms with van der Waals surface area (Å²) in [6, 6.07) is 13.3. The lowest BCUT2D eigenvalue weighted by molar-refractivity contribution is -0.155. The molecule has 1 saturated carbocycles. The van der Waals surface area contributed by atoms with Gasteiger partial charge < -0.3 is 20.3 Å². The molecule has 4 fully saturated rings. The first-order valence-electron chi connectivity index (χ1n) is 21.3. The topological polar surface area (TPSA) is 199 Å². The van der Waals surface area contributed by atoms with Gasteiger partial charge in [-0.25, -0.2) is 9.97 Å². The highest BCUT2D eigenvalue weighted by Crippen LogP contribution is 2.36. The van der Waals surface area contributed by atoms with Gasteiger partial charge in [-0.1, -0.05) is 0 Å². The normalized spacial score (nSPS) is 22.8. The van der Waals surface area contributed by atoms with Crippen molar-refractivity contribution in [2.75, 3.05) is 55.6 Å². The summed E-state index contributed by atoms with van der Waals surface area (Å²) in [7, 11) is 0. The van der Waals surface area contributed by atoms with E-state index in [0.717, 1.165) is 81.0 Å². The van der Waals surface area contributed by atoms with Crippen molar-refractivity contribution in [3.63, 3.8) is 0 Å². The predicted molar refractivity (Wildman–Crippen MR) is 224 cm³/mol. The molecule has 0 radical (unpaired) electrons. The molecule has 0 spiro atoms. The number of fused-ring (bicyclic) bond motifs is 2. The molecule has 0 bridgehead atoms. The SMILES string of the molecule is N#Cc1ccc(OC2CCC(N3C(=O)CCC(N4C(=O)c5ccc(N6CCN(CCC7CCN(c8ncc(C(N)=O)cn8)CC7)CC6)cc5C4=O)C3=O)CC2)c2cccnc12. The van der Waals surface area contributed by atoms with Crippen molar-refractivity contribution in [2.24, 2.45) is 11.7 Å². The van der Waals surface area contributed by atoms with Crippen LogP contribution in [0.2, 0.25) is 0 Å². The van der Waals surface area contributed by atoms with Crippen molar-refractivity contribution in [1.29, 1.82) is 5.26 Å². The van der Waals surface area contributed by atoms with Crippen LogP contribution in [0.25, 0.3) is 10.9 Å². The van der Waals surface area contributed by atoms with E-state index < -0.39 is 29.7 Å². The standard InChI is InChI=1S/C45H48N10O6/c46-25-29-3-11-38(35-2-1-16-48-40(29)35)61-33-7-4-31(5-8-33)54-39(56)12-10-37(44(54)60)55-42(58)34-9-6-32(24-36(34)43(55)59)52-22-20-51(21-23-52)17-13-28-14-18-53(19-15-28)45-49-26-30(27-50-45)41(47)57/h1-3,6,9,11,16,24,26-28,31,33,37H,4-5,7-8,10,12-15,17-23H2,(H2,47,57). The van der Waals surface area contributed by atoms with Gasteiger partial charge in [0.2, 0.25) is 11.9 Å². The van der Waals surface area contributed by atoms with Gasteiger partial charge >= 0.3 is 0 Å². The summed E-state index contributed by atoms with van der Waals surface area (Å²) in [6.07, 6.45) is 10.1. The number of piperidine rings is 2. The maximum Gasteiger partial charge on any atom is 0.262 e. The summed E-state index contributed by atoms with van der Waals surface area (Å²) in [5.74, 6) is -0.424. The number of nitrogens with zero attached hydrogens (tertiary/aromatic N) is 9. The molecule has 2 N–H and O–H groups in total. The molecular formula is C45H48N10O6. The minimum Gasteiger partial charge on any atom is -0.490 e. The minimum absolute atomic E-state index is 0.0716. The second-order valence-corrected chi connectivity index (χ2v) is 16.7. The van der Waals surface area contributed by atoms with E-state index in [0.29, 0.717) is 65.5 Å².